The zero-order valence-corrected chi connectivity index (χ0v) is 17.3. The maximum absolute atomic E-state index is 13.0. The third kappa shape index (κ3) is 5.64. The van der Waals surface area contributed by atoms with Crippen LogP contribution in [0.2, 0.25) is 0 Å². The Hall–Kier alpha value is -2.72. The summed E-state index contributed by atoms with van der Waals surface area (Å²) in [5.74, 6) is -0.944. The summed E-state index contributed by atoms with van der Waals surface area (Å²) in [7, 11) is 0. The highest BCUT2D eigenvalue weighted by Gasteiger charge is 2.34. The molecule has 1 aliphatic rings. The topological polar surface area (TPSA) is 88.6 Å². The largest absolute Gasteiger partial charge is 0.483 e. The standard InChI is InChI=1S/C19H15BrFN3O4S/c20-14-9-13(21)3-4-15(14)28-11-17(25)23-6-7-24-18(26)16(29-19(24)27)8-12-2-1-5-22-10-12/h1-5,8-10H,6-7,11H2,(H,23,25)/b16-8-. The molecule has 0 saturated carbocycles. The van der Waals surface area contributed by atoms with Gasteiger partial charge in [-0.2, -0.15) is 0 Å². The molecule has 1 N–H and O–H groups in total. The van der Waals surface area contributed by atoms with E-state index in [2.05, 4.69) is 26.2 Å². The molecule has 0 atom stereocenters. The molecule has 1 fully saturated rings. The number of aromatic nitrogens is 1. The highest BCUT2D eigenvalue weighted by atomic mass is 79.9. The van der Waals surface area contributed by atoms with Crippen molar-refractivity contribution in [1.82, 2.24) is 15.2 Å². The smallest absolute Gasteiger partial charge is 0.293 e. The molecule has 7 nitrogen and oxygen atoms in total. The summed E-state index contributed by atoms with van der Waals surface area (Å²) >= 11 is 3.99. The van der Waals surface area contributed by atoms with E-state index in [9.17, 15) is 18.8 Å². The molecule has 0 unspecified atom stereocenters. The second kappa shape index (κ2) is 9.66. The van der Waals surface area contributed by atoms with Gasteiger partial charge in [-0.15, -0.1) is 0 Å². The third-order valence-electron chi connectivity index (χ3n) is 3.77. The first kappa shape index (κ1) is 21.0. The van der Waals surface area contributed by atoms with E-state index in [0.717, 1.165) is 22.2 Å². The van der Waals surface area contributed by atoms with Gasteiger partial charge in [0.15, 0.2) is 6.61 Å². The molecule has 2 heterocycles. The van der Waals surface area contributed by atoms with Gasteiger partial charge in [0.25, 0.3) is 17.1 Å². The number of imide groups is 1. The van der Waals surface area contributed by atoms with Crippen LogP contribution in [-0.4, -0.2) is 46.6 Å². The normalized spacial score (nSPS) is 15.1. The quantitative estimate of drug-likeness (QED) is 0.613. The first-order valence-electron chi connectivity index (χ1n) is 8.44. The van der Waals surface area contributed by atoms with Gasteiger partial charge in [0, 0.05) is 25.5 Å². The van der Waals surface area contributed by atoms with Crippen LogP contribution in [0.25, 0.3) is 6.08 Å². The molecule has 10 heteroatoms. The maximum atomic E-state index is 13.0. The predicted octanol–water partition coefficient (Wildman–Crippen LogP) is 3.21. The number of hydrogen-bond donors (Lipinski definition) is 1. The molecule has 2 aromatic rings. The molecule has 1 aromatic heterocycles. The van der Waals surface area contributed by atoms with Crippen molar-refractivity contribution in [2.24, 2.45) is 0 Å². The number of nitrogens with zero attached hydrogens (tertiary/aromatic N) is 2. The molecule has 1 saturated heterocycles. The number of halogens is 2. The van der Waals surface area contributed by atoms with Crippen molar-refractivity contribution in [3.05, 3.63) is 63.5 Å². The van der Waals surface area contributed by atoms with Crippen molar-refractivity contribution >= 4 is 50.8 Å². The van der Waals surface area contributed by atoms with Crippen molar-refractivity contribution in [3.63, 3.8) is 0 Å². The molecular formula is C19H15BrFN3O4S. The number of nitrogens with one attached hydrogen (secondary N) is 1. The Labute approximate surface area is 178 Å². The summed E-state index contributed by atoms with van der Waals surface area (Å²) in [6.07, 6.45) is 4.81. The summed E-state index contributed by atoms with van der Waals surface area (Å²) in [6, 6.07) is 7.36. The summed E-state index contributed by atoms with van der Waals surface area (Å²) < 4.78 is 18.7. The second-order valence-electron chi connectivity index (χ2n) is 5.83. The number of amides is 3. The Balaban J connectivity index is 1.47. The first-order valence-corrected chi connectivity index (χ1v) is 10.0. The van der Waals surface area contributed by atoms with Crippen LogP contribution in [0, 0.1) is 5.82 Å². The van der Waals surface area contributed by atoms with Crippen LogP contribution in [0.4, 0.5) is 9.18 Å². The SMILES string of the molecule is O=C(COc1ccc(F)cc1Br)NCCN1C(=O)S/C(=C\c2cccnc2)C1=O. The molecule has 0 aliphatic carbocycles. The number of carbonyl (C=O) groups excluding carboxylic acids is 3. The summed E-state index contributed by atoms with van der Waals surface area (Å²) in [6.45, 7) is -0.154. The van der Waals surface area contributed by atoms with Crippen LogP contribution in [0.3, 0.4) is 0 Å². The zero-order valence-electron chi connectivity index (χ0n) is 14.9. The number of pyridine rings is 1. The van der Waals surface area contributed by atoms with E-state index in [1.54, 1.807) is 30.6 Å². The van der Waals surface area contributed by atoms with Gasteiger partial charge in [-0.25, -0.2) is 4.39 Å². The molecule has 3 rings (SSSR count). The van der Waals surface area contributed by atoms with Gasteiger partial charge in [-0.3, -0.25) is 24.3 Å². The average Bonchev–Trinajstić information content (AvgIpc) is 2.95. The highest BCUT2D eigenvalue weighted by Crippen LogP contribution is 2.31. The van der Waals surface area contributed by atoms with Gasteiger partial charge in [-0.05, 0) is 63.6 Å². The Kier molecular flexibility index (Phi) is 6.99. The van der Waals surface area contributed by atoms with Gasteiger partial charge < -0.3 is 10.1 Å². The summed E-state index contributed by atoms with van der Waals surface area (Å²) in [5, 5.41) is 2.18. The molecule has 29 heavy (non-hydrogen) atoms. The molecule has 0 bridgehead atoms. The van der Waals surface area contributed by atoms with Crippen LogP contribution >= 0.6 is 27.7 Å². The van der Waals surface area contributed by atoms with E-state index in [4.69, 9.17) is 4.74 Å². The van der Waals surface area contributed by atoms with E-state index in [0.29, 0.717) is 15.1 Å². The predicted molar refractivity (Wildman–Crippen MR) is 110 cm³/mol. The number of ether oxygens (including phenoxy) is 1. The molecule has 0 spiro atoms. The zero-order chi connectivity index (χ0) is 20.8. The Bertz CT molecular complexity index is 971. The minimum absolute atomic E-state index is 0.0427. The second-order valence-corrected chi connectivity index (χ2v) is 7.68. The van der Waals surface area contributed by atoms with E-state index in [1.807, 2.05) is 0 Å². The van der Waals surface area contributed by atoms with Gasteiger partial charge in [0.2, 0.25) is 0 Å². The number of hydrogen-bond acceptors (Lipinski definition) is 6. The fourth-order valence-electron chi connectivity index (χ4n) is 2.40. The number of thioether (sulfide) groups is 1. The van der Waals surface area contributed by atoms with E-state index in [-0.39, 0.29) is 19.7 Å². The maximum Gasteiger partial charge on any atom is 0.293 e. The minimum Gasteiger partial charge on any atom is -0.483 e. The van der Waals surface area contributed by atoms with E-state index >= 15 is 0 Å². The van der Waals surface area contributed by atoms with Crippen molar-refractivity contribution in [3.8, 4) is 5.75 Å². The summed E-state index contributed by atoms with van der Waals surface area (Å²) in [5.41, 5.74) is 0.718. The lowest BCUT2D eigenvalue weighted by atomic mass is 10.2. The van der Waals surface area contributed by atoms with Crippen LogP contribution in [0.15, 0.2) is 52.1 Å². The molecule has 1 aromatic carbocycles. The average molecular weight is 480 g/mol. The van der Waals surface area contributed by atoms with Gasteiger partial charge in [0.05, 0.1) is 9.38 Å². The number of carbonyl (C=O) groups is 3. The van der Waals surface area contributed by atoms with Crippen LogP contribution < -0.4 is 10.1 Å². The lowest BCUT2D eigenvalue weighted by molar-refractivity contribution is -0.125. The van der Waals surface area contributed by atoms with Crippen molar-refractivity contribution in [1.29, 1.82) is 0 Å². The lowest BCUT2D eigenvalue weighted by Gasteiger charge is -2.13. The van der Waals surface area contributed by atoms with E-state index in [1.165, 1.54) is 18.2 Å². The van der Waals surface area contributed by atoms with Crippen LogP contribution in [-0.2, 0) is 9.59 Å². The van der Waals surface area contributed by atoms with Gasteiger partial charge >= 0.3 is 0 Å². The third-order valence-corrected chi connectivity index (χ3v) is 5.29. The Morgan fingerprint density at radius 2 is 2.17 bits per heavy atom. The van der Waals surface area contributed by atoms with Gasteiger partial charge in [0.1, 0.15) is 11.6 Å². The molecule has 0 radical (unpaired) electrons. The molecule has 1 aliphatic heterocycles. The monoisotopic (exact) mass is 479 g/mol. The van der Waals surface area contributed by atoms with E-state index < -0.39 is 22.9 Å². The number of benzene rings is 1. The Morgan fingerprint density at radius 1 is 1.34 bits per heavy atom. The molecule has 3 amide bonds. The number of rotatable bonds is 7. The van der Waals surface area contributed by atoms with Crippen LogP contribution in [0.5, 0.6) is 5.75 Å². The Morgan fingerprint density at radius 3 is 2.90 bits per heavy atom. The fraction of sp³-hybridized carbons (Fsp3) is 0.158. The highest BCUT2D eigenvalue weighted by molar-refractivity contribution is 9.10. The minimum atomic E-state index is -0.431. The molecular weight excluding hydrogens is 465 g/mol. The van der Waals surface area contributed by atoms with Crippen molar-refractivity contribution < 1.29 is 23.5 Å². The fourth-order valence-corrected chi connectivity index (χ4v) is 3.73. The van der Waals surface area contributed by atoms with Gasteiger partial charge in [-0.1, -0.05) is 6.07 Å². The summed E-state index contributed by atoms with van der Waals surface area (Å²) in [4.78, 5) is 41.7. The van der Waals surface area contributed by atoms with Crippen LogP contribution in [0.1, 0.15) is 5.56 Å². The first-order chi connectivity index (χ1) is 13.9. The van der Waals surface area contributed by atoms with Crippen molar-refractivity contribution in [2.45, 2.75) is 0 Å². The lowest BCUT2D eigenvalue weighted by Crippen LogP contribution is -2.38. The van der Waals surface area contributed by atoms with Crippen molar-refractivity contribution in [2.75, 3.05) is 19.7 Å². The molecule has 150 valence electrons.